The summed E-state index contributed by atoms with van der Waals surface area (Å²) in [5, 5.41) is 0. The standard InChI is InChI=1S/C20H31N3O2/c1-25-19-10-6-5-9-18(19)22-15-13-21(14-16-22)17-20(24)23-11-7-3-2-4-8-12-23/h5-6,9-10H,2-4,7-8,11-17H2,1H3. The Morgan fingerprint density at radius 2 is 1.56 bits per heavy atom. The molecular formula is C20H31N3O2. The molecule has 0 spiro atoms. The van der Waals surface area contributed by atoms with E-state index < -0.39 is 0 Å². The van der Waals surface area contributed by atoms with Crippen molar-refractivity contribution in [2.24, 2.45) is 0 Å². The highest BCUT2D eigenvalue weighted by Crippen LogP contribution is 2.28. The number of rotatable bonds is 4. The maximum atomic E-state index is 12.6. The van der Waals surface area contributed by atoms with Gasteiger partial charge in [0.25, 0.3) is 0 Å². The van der Waals surface area contributed by atoms with E-state index in [1.807, 2.05) is 12.1 Å². The summed E-state index contributed by atoms with van der Waals surface area (Å²) in [5.74, 6) is 1.24. The van der Waals surface area contributed by atoms with Gasteiger partial charge in [-0.05, 0) is 25.0 Å². The molecular weight excluding hydrogens is 314 g/mol. The van der Waals surface area contributed by atoms with Gasteiger partial charge in [-0.1, -0.05) is 31.4 Å². The first-order chi connectivity index (χ1) is 12.3. The lowest BCUT2D eigenvalue weighted by atomic mass is 10.1. The van der Waals surface area contributed by atoms with E-state index in [4.69, 9.17) is 4.74 Å². The summed E-state index contributed by atoms with van der Waals surface area (Å²) in [5.41, 5.74) is 1.15. The fourth-order valence-electron chi connectivity index (χ4n) is 3.83. The molecule has 0 aliphatic carbocycles. The molecule has 0 atom stereocenters. The van der Waals surface area contributed by atoms with Gasteiger partial charge in [0.2, 0.25) is 5.91 Å². The smallest absolute Gasteiger partial charge is 0.236 e. The molecule has 0 bridgehead atoms. The van der Waals surface area contributed by atoms with Crippen LogP contribution >= 0.6 is 0 Å². The number of hydrogen-bond donors (Lipinski definition) is 0. The number of nitrogens with zero attached hydrogens (tertiary/aromatic N) is 3. The van der Waals surface area contributed by atoms with Crippen molar-refractivity contribution in [2.75, 3.05) is 57.8 Å². The topological polar surface area (TPSA) is 36.0 Å². The molecule has 0 aromatic heterocycles. The number of methoxy groups -OCH3 is 1. The molecule has 0 N–H and O–H groups in total. The number of ether oxygens (including phenoxy) is 1. The molecule has 1 amide bonds. The van der Waals surface area contributed by atoms with Gasteiger partial charge in [0.05, 0.1) is 19.3 Å². The van der Waals surface area contributed by atoms with Crippen molar-refractivity contribution in [1.29, 1.82) is 0 Å². The fourth-order valence-corrected chi connectivity index (χ4v) is 3.83. The van der Waals surface area contributed by atoms with Gasteiger partial charge in [-0.2, -0.15) is 0 Å². The summed E-state index contributed by atoms with van der Waals surface area (Å²) in [7, 11) is 1.72. The van der Waals surface area contributed by atoms with Crippen LogP contribution in [0.1, 0.15) is 32.1 Å². The maximum Gasteiger partial charge on any atom is 0.236 e. The van der Waals surface area contributed by atoms with Crippen molar-refractivity contribution in [2.45, 2.75) is 32.1 Å². The van der Waals surface area contributed by atoms with Crippen molar-refractivity contribution in [3.05, 3.63) is 24.3 Å². The first-order valence-corrected chi connectivity index (χ1v) is 9.66. The molecule has 1 aromatic carbocycles. The second kappa shape index (κ2) is 9.09. The van der Waals surface area contributed by atoms with E-state index in [9.17, 15) is 4.79 Å². The number of hydrogen-bond acceptors (Lipinski definition) is 4. The number of amides is 1. The molecule has 0 saturated carbocycles. The van der Waals surface area contributed by atoms with Gasteiger partial charge >= 0.3 is 0 Å². The van der Waals surface area contributed by atoms with E-state index in [0.29, 0.717) is 12.5 Å². The summed E-state index contributed by atoms with van der Waals surface area (Å²) in [6, 6.07) is 8.17. The number of benzene rings is 1. The summed E-state index contributed by atoms with van der Waals surface area (Å²) >= 11 is 0. The van der Waals surface area contributed by atoms with E-state index in [0.717, 1.165) is 63.5 Å². The highest BCUT2D eigenvalue weighted by Gasteiger charge is 2.23. The third-order valence-electron chi connectivity index (χ3n) is 5.37. The fraction of sp³-hybridized carbons (Fsp3) is 0.650. The predicted octanol–water partition coefficient (Wildman–Crippen LogP) is 2.61. The average molecular weight is 345 g/mol. The van der Waals surface area contributed by atoms with Gasteiger partial charge in [-0.3, -0.25) is 9.69 Å². The Morgan fingerprint density at radius 1 is 0.920 bits per heavy atom. The Labute approximate surface area is 151 Å². The SMILES string of the molecule is COc1ccccc1N1CCN(CC(=O)N2CCCCCCC2)CC1. The number of piperazine rings is 1. The number of para-hydroxylation sites is 2. The molecule has 3 rings (SSSR count). The highest BCUT2D eigenvalue weighted by molar-refractivity contribution is 5.78. The first-order valence-electron chi connectivity index (χ1n) is 9.66. The second-order valence-electron chi connectivity index (χ2n) is 7.08. The largest absolute Gasteiger partial charge is 0.495 e. The lowest BCUT2D eigenvalue weighted by molar-refractivity contribution is -0.132. The van der Waals surface area contributed by atoms with Crippen molar-refractivity contribution in [3.63, 3.8) is 0 Å². The molecule has 0 unspecified atom stereocenters. The summed E-state index contributed by atoms with van der Waals surface area (Å²) < 4.78 is 5.48. The minimum Gasteiger partial charge on any atom is -0.495 e. The second-order valence-corrected chi connectivity index (χ2v) is 7.08. The predicted molar refractivity (Wildman–Crippen MR) is 101 cm³/mol. The first kappa shape index (κ1) is 18.1. The number of anilines is 1. The molecule has 1 aromatic rings. The summed E-state index contributed by atoms with van der Waals surface area (Å²) in [4.78, 5) is 19.4. The van der Waals surface area contributed by atoms with Gasteiger partial charge in [-0.25, -0.2) is 0 Å². The summed E-state index contributed by atoms with van der Waals surface area (Å²) in [6.45, 7) is 6.19. The van der Waals surface area contributed by atoms with Crippen LogP contribution in [-0.4, -0.2) is 68.6 Å². The van der Waals surface area contributed by atoms with Crippen LogP contribution in [0.25, 0.3) is 0 Å². The van der Waals surface area contributed by atoms with Crippen molar-refractivity contribution < 1.29 is 9.53 Å². The van der Waals surface area contributed by atoms with Crippen LogP contribution < -0.4 is 9.64 Å². The Balaban J connectivity index is 1.49. The third kappa shape index (κ3) is 4.88. The van der Waals surface area contributed by atoms with Crippen LogP contribution in [0.2, 0.25) is 0 Å². The molecule has 2 fully saturated rings. The van der Waals surface area contributed by atoms with E-state index in [1.165, 1.54) is 19.3 Å². The monoisotopic (exact) mass is 345 g/mol. The number of likely N-dealkylation sites (tertiary alicyclic amines) is 1. The maximum absolute atomic E-state index is 12.6. The van der Waals surface area contributed by atoms with Crippen molar-refractivity contribution >= 4 is 11.6 Å². The quantitative estimate of drug-likeness (QED) is 0.840. The van der Waals surface area contributed by atoms with Gasteiger partial charge in [0, 0.05) is 39.3 Å². The zero-order valence-corrected chi connectivity index (χ0v) is 15.5. The summed E-state index contributed by atoms with van der Waals surface area (Å²) in [6.07, 6.45) is 6.18. The molecule has 138 valence electrons. The van der Waals surface area contributed by atoms with Crippen LogP contribution in [0.15, 0.2) is 24.3 Å². The lowest BCUT2D eigenvalue weighted by Gasteiger charge is -2.37. The molecule has 2 heterocycles. The van der Waals surface area contributed by atoms with Gasteiger partial charge in [0.15, 0.2) is 0 Å². The Kier molecular flexibility index (Phi) is 6.56. The van der Waals surface area contributed by atoms with Crippen LogP contribution in [0.3, 0.4) is 0 Å². The van der Waals surface area contributed by atoms with E-state index in [-0.39, 0.29) is 0 Å². The van der Waals surface area contributed by atoms with Crippen LogP contribution in [0.5, 0.6) is 5.75 Å². The van der Waals surface area contributed by atoms with Gasteiger partial charge in [-0.15, -0.1) is 0 Å². The van der Waals surface area contributed by atoms with Crippen LogP contribution in [0.4, 0.5) is 5.69 Å². The lowest BCUT2D eigenvalue weighted by Crippen LogP contribution is -2.50. The number of carbonyl (C=O) groups excluding carboxylic acids is 1. The van der Waals surface area contributed by atoms with Crippen LogP contribution in [0, 0.1) is 0 Å². The third-order valence-corrected chi connectivity index (χ3v) is 5.37. The molecule has 2 aliphatic rings. The highest BCUT2D eigenvalue weighted by atomic mass is 16.5. The van der Waals surface area contributed by atoms with E-state index >= 15 is 0 Å². The van der Waals surface area contributed by atoms with Crippen molar-refractivity contribution in [3.8, 4) is 5.75 Å². The molecule has 2 saturated heterocycles. The van der Waals surface area contributed by atoms with Gasteiger partial charge in [0.1, 0.15) is 5.75 Å². The normalized spacial score (nSPS) is 20.0. The molecule has 5 nitrogen and oxygen atoms in total. The van der Waals surface area contributed by atoms with E-state index in [1.54, 1.807) is 7.11 Å². The van der Waals surface area contributed by atoms with E-state index in [2.05, 4.69) is 26.8 Å². The van der Waals surface area contributed by atoms with Crippen LogP contribution in [-0.2, 0) is 4.79 Å². The van der Waals surface area contributed by atoms with Gasteiger partial charge < -0.3 is 14.5 Å². The Morgan fingerprint density at radius 3 is 2.24 bits per heavy atom. The zero-order chi connectivity index (χ0) is 17.5. The average Bonchev–Trinajstić information content (AvgIpc) is 2.62. The zero-order valence-electron chi connectivity index (χ0n) is 15.5. The molecule has 0 radical (unpaired) electrons. The minimum absolute atomic E-state index is 0.313. The van der Waals surface area contributed by atoms with Crippen molar-refractivity contribution in [1.82, 2.24) is 9.80 Å². The molecule has 2 aliphatic heterocycles. The minimum atomic E-state index is 0.313. The Bertz CT molecular complexity index is 548. The Hall–Kier alpha value is -1.75. The number of carbonyl (C=O) groups is 1. The molecule has 25 heavy (non-hydrogen) atoms. The molecule has 5 heteroatoms.